The molecule has 1 unspecified atom stereocenters. The van der Waals surface area contributed by atoms with Crippen LogP contribution in [-0.4, -0.2) is 24.5 Å². The quantitative estimate of drug-likeness (QED) is 0.751. The van der Waals surface area contributed by atoms with E-state index in [1.165, 1.54) is 12.8 Å². The molecule has 0 aromatic carbocycles. The second kappa shape index (κ2) is 4.45. The van der Waals surface area contributed by atoms with E-state index in [2.05, 4.69) is 6.08 Å². The number of carbonyl (C=O) groups is 1. The first-order valence-electron chi connectivity index (χ1n) is 5.83. The second-order valence-corrected chi connectivity index (χ2v) is 4.62. The molecule has 0 spiro atoms. The van der Waals surface area contributed by atoms with Gasteiger partial charge in [-0.3, -0.25) is 4.79 Å². The molecule has 1 saturated heterocycles. The molecule has 1 aliphatic carbocycles. The molecule has 0 bridgehead atoms. The van der Waals surface area contributed by atoms with Crippen LogP contribution in [0.5, 0.6) is 0 Å². The van der Waals surface area contributed by atoms with Crippen molar-refractivity contribution in [2.45, 2.75) is 44.1 Å². The van der Waals surface area contributed by atoms with Gasteiger partial charge in [-0.2, -0.15) is 0 Å². The van der Waals surface area contributed by atoms with Crippen LogP contribution in [0.4, 0.5) is 0 Å². The van der Waals surface area contributed by atoms with E-state index in [1.807, 2.05) is 0 Å². The molecule has 2 aliphatic rings. The highest BCUT2D eigenvalue weighted by molar-refractivity contribution is 6.02. The first kappa shape index (κ1) is 10.8. The number of allylic oxidation sites excluding steroid dienone is 1. The van der Waals surface area contributed by atoms with E-state index in [1.54, 1.807) is 0 Å². The van der Waals surface area contributed by atoms with Crippen molar-refractivity contribution < 1.29 is 9.53 Å². The summed E-state index contributed by atoms with van der Waals surface area (Å²) in [5.41, 5.74) is 6.29. The van der Waals surface area contributed by atoms with E-state index >= 15 is 0 Å². The lowest BCUT2D eigenvalue weighted by molar-refractivity contribution is -0.120. The molecule has 2 N–H and O–H groups in total. The number of ether oxygens (including phenoxy) is 1. The highest BCUT2D eigenvalue weighted by Crippen LogP contribution is 2.25. The van der Waals surface area contributed by atoms with Gasteiger partial charge in [-0.1, -0.05) is 12.5 Å². The van der Waals surface area contributed by atoms with Crippen molar-refractivity contribution in [1.82, 2.24) is 0 Å². The molecule has 84 valence electrons. The minimum Gasteiger partial charge on any atom is -0.379 e. The minimum atomic E-state index is -0.726. The van der Waals surface area contributed by atoms with E-state index in [9.17, 15) is 4.79 Å². The van der Waals surface area contributed by atoms with Gasteiger partial charge in [-0.05, 0) is 37.7 Å². The van der Waals surface area contributed by atoms with Crippen LogP contribution < -0.4 is 5.73 Å². The van der Waals surface area contributed by atoms with Crippen LogP contribution in [0, 0.1) is 0 Å². The van der Waals surface area contributed by atoms with Gasteiger partial charge >= 0.3 is 0 Å². The van der Waals surface area contributed by atoms with Gasteiger partial charge in [-0.15, -0.1) is 0 Å². The predicted octanol–water partition coefficient (Wildman–Crippen LogP) is 1.56. The summed E-state index contributed by atoms with van der Waals surface area (Å²) in [5, 5.41) is 0. The van der Waals surface area contributed by atoms with Crippen molar-refractivity contribution in [3.05, 3.63) is 11.6 Å². The summed E-state index contributed by atoms with van der Waals surface area (Å²) in [4.78, 5) is 12.2. The molecule has 0 radical (unpaired) electrons. The van der Waals surface area contributed by atoms with Gasteiger partial charge in [0, 0.05) is 6.61 Å². The summed E-state index contributed by atoms with van der Waals surface area (Å²) in [6, 6.07) is 0. The molecule has 0 aromatic rings. The standard InChI is InChI=1S/C12H19NO2/c13-12(7-8-15-9-12)11(14)10-5-3-1-2-4-6-10/h5H,1-4,6-9,13H2. The Kier molecular flexibility index (Phi) is 3.22. The molecule has 1 aliphatic heterocycles. The summed E-state index contributed by atoms with van der Waals surface area (Å²) in [5.74, 6) is 0.127. The maximum atomic E-state index is 12.2. The van der Waals surface area contributed by atoms with Crippen LogP contribution >= 0.6 is 0 Å². The summed E-state index contributed by atoms with van der Waals surface area (Å²) >= 11 is 0. The Morgan fingerprint density at radius 1 is 1.40 bits per heavy atom. The van der Waals surface area contributed by atoms with Crippen molar-refractivity contribution in [3.63, 3.8) is 0 Å². The molecular formula is C12H19NO2. The zero-order valence-electron chi connectivity index (χ0n) is 9.13. The fraction of sp³-hybridized carbons (Fsp3) is 0.750. The average molecular weight is 209 g/mol. The highest BCUT2D eigenvalue weighted by Gasteiger charge is 2.39. The van der Waals surface area contributed by atoms with Crippen LogP contribution in [0.15, 0.2) is 11.6 Å². The van der Waals surface area contributed by atoms with Crippen molar-refractivity contribution in [1.29, 1.82) is 0 Å². The molecule has 1 fully saturated rings. The molecule has 0 saturated carbocycles. The Balaban J connectivity index is 2.08. The summed E-state index contributed by atoms with van der Waals surface area (Å²) in [7, 11) is 0. The summed E-state index contributed by atoms with van der Waals surface area (Å²) in [6.07, 6.45) is 8.22. The van der Waals surface area contributed by atoms with Crippen molar-refractivity contribution in [2.75, 3.05) is 13.2 Å². The van der Waals surface area contributed by atoms with Crippen molar-refractivity contribution in [3.8, 4) is 0 Å². The number of Topliss-reactive ketones (excluding diaryl/α,β-unsaturated/α-hetero) is 1. The van der Waals surface area contributed by atoms with E-state index in [0.717, 1.165) is 24.8 Å². The maximum absolute atomic E-state index is 12.2. The normalized spacial score (nSPS) is 32.2. The van der Waals surface area contributed by atoms with Crippen LogP contribution in [0.25, 0.3) is 0 Å². The topological polar surface area (TPSA) is 52.3 Å². The predicted molar refractivity (Wildman–Crippen MR) is 58.5 cm³/mol. The van der Waals surface area contributed by atoms with Gasteiger partial charge in [0.05, 0.1) is 6.61 Å². The Hall–Kier alpha value is -0.670. The fourth-order valence-corrected chi connectivity index (χ4v) is 2.30. The number of ketones is 1. The lowest BCUT2D eigenvalue weighted by atomic mass is 9.87. The zero-order chi connectivity index (χ0) is 10.7. The lowest BCUT2D eigenvalue weighted by Crippen LogP contribution is -2.49. The summed E-state index contributed by atoms with van der Waals surface area (Å²) in [6.45, 7) is 1.01. The third kappa shape index (κ3) is 2.29. The molecule has 0 aromatic heterocycles. The molecule has 3 nitrogen and oxygen atoms in total. The van der Waals surface area contributed by atoms with Crippen LogP contribution in [-0.2, 0) is 9.53 Å². The Labute approximate surface area is 90.7 Å². The van der Waals surface area contributed by atoms with Crippen LogP contribution in [0.1, 0.15) is 38.5 Å². The first-order chi connectivity index (χ1) is 7.22. The number of carbonyl (C=O) groups excluding carboxylic acids is 1. The third-order valence-corrected chi connectivity index (χ3v) is 3.34. The number of hydrogen-bond donors (Lipinski definition) is 1. The lowest BCUT2D eigenvalue weighted by Gasteiger charge is -2.21. The van der Waals surface area contributed by atoms with Gasteiger partial charge in [0.15, 0.2) is 5.78 Å². The van der Waals surface area contributed by atoms with E-state index in [4.69, 9.17) is 10.5 Å². The van der Waals surface area contributed by atoms with Gasteiger partial charge < -0.3 is 10.5 Å². The van der Waals surface area contributed by atoms with Crippen molar-refractivity contribution >= 4 is 5.78 Å². The number of rotatable bonds is 2. The van der Waals surface area contributed by atoms with E-state index < -0.39 is 5.54 Å². The van der Waals surface area contributed by atoms with Gasteiger partial charge in [0.2, 0.25) is 0 Å². The first-order valence-corrected chi connectivity index (χ1v) is 5.83. The monoisotopic (exact) mass is 209 g/mol. The van der Waals surface area contributed by atoms with Crippen LogP contribution in [0.2, 0.25) is 0 Å². The fourth-order valence-electron chi connectivity index (χ4n) is 2.30. The van der Waals surface area contributed by atoms with Crippen molar-refractivity contribution in [2.24, 2.45) is 5.73 Å². The molecule has 1 atom stereocenters. The largest absolute Gasteiger partial charge is 0.379 e. The van der Waals surface area contributed by atoms with Crippen LogP contribution in [0.3, 0.4) is 0 Å². The molecule has 15 heavy (non-hydrogen) atoms. The molecule has 2 rings (SSSR count). The smallest absolute Gasteiger partial charge is 0.180 e. The zero-order valence-corrected chi connectivity index (χ0v) is 9.13. The van der Waals surface area contributed by atoms with Gasteiger partial charge in [0.1, 0.15) is 5.54 Å². The third-order valence-electron chi connectivity index (χ3n) is 3.34. The highest BCUT2D eigenvalue weighted by atomic mass is 16.5. The van der Waals surface area contributed by atoms with E-state index in [-0.39, 0.29) is 5.78 Å². The summed E-state index contributed by atoms with van der Waals surface area (Å²) < 4.78 is 5.23. The molecule has 0 amide bonds. The van der Waals surface area contributed by atoms with Gasteiger partial charge in [0.25, 0.3) is 0 Å². The Morgan fingerprint density at radius 3 is 3.00 bits per heavy atom. The minimum absolute atomic E-state index is 0.127. The van der Waals surface area contributed by atoms with Gasteiger partial charge in [-0.25, -0.2) is 0 Å². The Morgan fingerprint density at radius 2 is 2.27 bits per heavy atom. The SMILES string of the molecule is NC1(C(=O)C2=CCCCCC2)CCOC1. The number of nitrogens with two attached hydrogens (primary N) is 1. The average Bonchev–Trinajstić information content (AvgIpc) is 2.54. The molecular weight excluding hydrogens is 190 g/mol. The maximum Gasteiger partial charge on any atom is 0.180 e. The Bertz CT molecular complexity index is 277. The van der Waals surface area contributed by atoms with E-state index in [0.29, 0.717) is 19.6 Å². The number of hydrogen-bond acceptors (Lipinski definition) is 3. The molecule has 1 heterocycles. The second-order valence-electron chi connectivity index (χ2n) is 4.62. The molecule has 3 heteroatoms.